The van der Waals surface area contributed by atoms with Gasteiger partial charge in [-0.1, -0.05) is 55.3 Å². The highest BCUT2D eigenvalue weighted by atomic mass is 16.5. The van der Waals surface area contributed by atoms with E-state index in [4.69, 9.17) is 4.74 Å². The number of nitrogens with zero attached hydrogens (tertiary/aromatic N) is 2. The van der Waals surface area contributed by atoms with Gasteiger partial charge in [0.15, 0.2) is 0 Å². The average Bonchev–Trinajstić information content (AvgIpc) is 3.36. The Kier molecular flexibility index (Phi) is 7.07. The van der Waals surface area contributed by atoms with Crippen molar-refractivity contribution in [2.75, 3.05) is 33.4 Å². The number of aliphatic hydroxyl groups is 1. The van der Waals surface area contributed by atoms with E-state index in [0.717, 1.165) is 55.6 Å². The van der Waals surface area contributed by atoms with E-state index in [2.05, 4.69) is 40.5 Å². The molecule has 34 heavy (non-hydrogen) atoms. The number of hydrogen-bond donors (Lipinski definition) is 2. The molecule has 5 rings (SSSR count). The van der Waals surface area contributed by atoms with E-state index in [1.165, 1.54) is 18.4 Å². The molecule has 0 bridgehead atoms. The van der Waals surface area contributed by atoms with Crippen LogP contribution in [0.4, 0.5) is 4.79 Å². The van der Waals surface area contributed by atoms with Crippen LogP contribution in [0, 0.1) is 0 Å². The number of rotatable bonds is 5. The summed E-state index contributed by atoms with van der Waals surface area (Å²) in [4.78, 5) is 17.5. The summed E-state index contributed by atoms with van der Waals surface area (Å²) in [5.74, 6) is 1.08. The molecule has 0 aromatic heterocycles. The third-order valence-corrected chi connectivity index (χ3v) is 8.05. The lowest BCUT2D eigenvalue weighted by atomic mass is 9.74. The molecule has 1 saturated carbocycles. The van der Waals surface area contributed by atoms with Gasteiger partial charge in [0.25, 0.3) is 0 Å². The van der Waals surface area contributed by atoms with Crippen LogP contribution in [-0.2, 0) is 0 Å². The maximum atomic E-state index is 13.1. The summed E-state index contributed by atoms with van der Waals surface area (Å²) >= 11 is 0. The maximum Gasteiger partial charge on any atom is 0.317 e. The van der Waals surface area contributed by atoms with Crippen molar-refractivity contribution in [1.29, 1.82) is 0 Å². The van der Waals surface area contributed by atoms with Gasteiger partial charge in [0.1, 0.15) is 5.75 Å². The molecule has 0 spiro atoms. The number of para-hydroxylation sites is 1. The molecule has 3 atom stereocenters. The van der Waals surface area contributed by atoms with Crippen molar-refractivity contribution >= 4 is 6.03 Å². The summed E-state index contributed by atoms with van der Waals surface area (Å²) in [6.45, 7) is 2.66. The fourth-order valence-corrected chi connectivity index (χ4v) is 6.23. The SMILES string of the molecule is COc1ccccc1-c1ccc([C@H]2[C@@H](CO)N3CCCCN(C(=O)NC4CCCC4)C[C@H]23)cc1. The summed E-state index contributed by atoms with van der Waals surface area (Å²) in [6, 6.07) is 17.5. The molecule has 3 aliphatic rings. The fraction of sp³-hybridized carbons (Fsp3) is 0.536. The van der Waals surface area contributed by atoms with Crippen LogP contribution >= 0.6 is 0 Å². The molecule has 2 aromatic rings. The highest BCUT2D eigenvalue weighted by molar-refractivity contribution is 5.74. The summed E-state index contributed by atoms with van der Waals surface area (Å²) in [7, 11) is 1.70. The first-order chi connectivity index (χ1) is 16.7. The number of ether oxygens (including phenoxy) is 1. The minimum atomic E-state index is 0.0893. The van der Waals surface area contributed by atoms with Gasteiger partial charge >= 0.3 is 6.03 Å². The summed E-state index contributed by atoms with van der Waals surface area (Å²) < 4.78 is 5.54. The van der Waals surface area contributed by atoms with E-state index in [-0.39, 0.29) is 30.6 Å². The molecule has 2 heterocycles. The Hall–Kier alpha value is -2.57. The van der Waals surface area contributed by atoms with Crippen LogP contribution in [0.5, 0.6) is 5.75 Å². The quantitative estimate of drug-likeness (QED) is 0.696. The highest BCUT2D eigenvalue weighted by Gasteiger charge is 2.49. The van der Waals surface area contributed by atoms with Crippen molar-refractivity contribution in [2.45, 2.75) is 62.6 Å². The van der Waals surface area contributed by atoms with Gasteiger partial charge in [-0.05, 0) is 49.4 Å². The zero-order valence-corrected chi connectivity index (χ0v) is 20.2. The zero-order valence-electron chi connectivity index (χ0n) is 20.2. The number of urea groups is 1. The third kappa shape index (κ3) is 4.53. The van der Waals surface area contributed by atoms with Crippen molar-refractivity contribution in [2.24, 2.45) is 0 Å². The minimum absolute atomic E-state index is 0.0893. The number of hydrogen-bond acceptors (Lipinski definition) is 4. The Labute approximate surface area is 202 Å². The topological polar surface area (TPSA) is 65.0 Å². The van der Waals surface area contributed by atoms with Gasteiger partial charge in [-0.2, -0.15) is 0 Å². The fourth-order valence-electron chi connectivity index (χ4n) is 6.23. The number of fused-ring (bicyclic) bond motifs is 1. The van der Waals surface area contributed by atoms with E-state index < -0.39 is 0 Å². The number of aliphatic hydroxyl groups excluding tert-OH is 1. The van der Waals surface area contributed by atoms with Crippen LogP contribution in [0.3, 0.4) is 0 Å². The Morgan fingerprint density at radius 1 is 1.03 bits per heavy atom. The predicted molar refractivity (Wildman–Crippen MR) is 134 cm³/mol. The largest absolute Gasteiger partial charge is 0.496 e. The molecular weight excluding hydrogens is 426 g/mol. The highest BCUT2D eigenvalue weighted by Crippen LogP contribution is 2.42. The second kappa shape index (κ2) is 10.4. The van der Waals surface area contributed by atoms with Crippen LogP contribution in [0.15, 0.2) is 48.5 Å². The molecule has 2 amide bonds. The molecule has 182 valence electrons. The average molecular weight is 464 g/mol. The van der Waals surface area contributed by atoms with Crippen LogP contribution in [-0.4, -0.2) is 72.4 Å². The molecular formula is C28H37N3O3. The number of nitrogens with one attached hydrogen (secondary N) is 1. The first-order valence-corrected chi connectivity index (χ1v) is 12.8. The molecule has 2 N–H and O–H groups in total. The standard InChI is InChI=1S/C28H37N3O3/c1-34-26-11-5-4-10-23(26)20-12-14-21(15-13-20)27-24-18-30(28(33)29-22-8-2-3-9-22)16-6-7-17-31(24)25(27)19-32/h4-5,10-15,22,24-25,27,32H,2-3,6-9,16-19H2,1H3,(H,29,33)/t24-,25-,27-/m1/s1. The lowest BCUT2D eigenvalue weighted by molar-refractivity contribution is -0.0591. The van der Waals surface area contributed by atoms with Crippen molar-refractivity contribution < 1.29 is 14.6 Å². The molecule has 0 radical (unpaired) electrons. The Morgan fingerprint density at radius 2 is 1.76 bits per heavy atom. The normalized spacial score (nSPS) is 25.7. The van der Waals surface area contributed by atoms with Gasteiger partial charge in [-0.3, -0.25) is 4.90 Å². The molecule has 1 aliphatic carbocycles. The van der Waals surface area contributed by atoms with Crippen LogP contribution in [0.25, 0.3) is 11.1 Å². The minimum Gasteiger partial charge on any atom is -0.496 e. The smallest absolute Gasteiger partial charge is 0.317 e. The molecule has 3 fully saturated rings. The monoisotopic (exact) mass is 463 g/mol. The summed E-state index contributed by atoms with van der Waals surface area (Å²) in [5.41, 5.74) is 3.43. The first kappa shape index (κ1) is 23.2. The van der Waals surface area contributed by atoms with Crippen LogP contribution < -0.4 is 10.1 Å². The lowest BCUT2D eigenvalue weighted by Gasteiger charge is -2.57. The number of methoxy groups -OCH3 is 1. The first-order valence-electron chi connectivity index (χ1n) is 12.8. The predicted octanol–water partition coefficient (Wildman–Crippen LogP) is 4.24. The second-order valence-corrected chi connectivity index (χ2v) is 9.99. The van der Waals surface area contributed by atoms with E-state index in [1.807, 2.05) is 23.1 Å². The van der Waals surface area contributed by atoms with E-state index in [1.54, 1.807) is 7.11 Å². The Balaban J connectivity index is 1.34. The van der Waals surface area contributed by atoms with Crippen molar-refractivity contribution in [3.8, 4) is 16.9 Å². The van der Waals surface area contributed by atoms with Crippen molar-refractivity contribution in [1.82, 2.24) is 15.1 Å². The molecule has 2 aliphatic heterocycles. The van der Waals surface area contributed by atoms with Gasteiger partial charge in [-0.15, -0.1) is 0 Å². The van der Waals surface area contributed by atoms with Gasteiger partial charge in [0.05, 0.1) is 13.7 Å². The maximum absolute atomic E-state index is 13.1. The second-order valence-electron chi connectivity index (χ2n) is 9.99. The van der Waals surface area contributed by atoms with Gasteiger partial charge in [0.2, 0.25) is 0 Å². The van der Waals surface area contributed by atoms with E-state index in [9.17, 15) is 9.90 Å². The summed E-state index contributed by atoms with van der Waals surface area (Å²) in [6.07, 6.45) is 6.70. The van der Waals surface area contributed by atoms with Gasteiger partial charge < -0.3 is 20.1 Å². The summed E-state index contributed by atoms with van der Waals surface area (Å²) in [5, 5.41) is 13.5. The van der Waals surface area contributed by atoms with Crippen LogP contribution in [0.1, 0.15) is 50.0 Å². The molecule has 2 aromatic carbocycles. The molecule has 0 unspecified atom stereocenters. The van der Waals surface area contributed by atoms with Gasteiger partial charge in [-0.25, -0.2) is 4.79 Å². The molecule has 6 heteroatoms. The number of carbonyl (C=O) groups is 1. The van der Waals surface area contributed by atoms with Crippen molar-refractivity contribution in [3.05, 3.63) is 54.1 Å². The molecule has 6 nitrogen and oxygen atoms in total. The number of carbonyl (C=O) groups excluding carboxylic acids is 1. The third-order valence-electron chi connectivity index (χ3n) is 8.05. The number of amides is 2. The van der Waals surface area contributed by atoms with E-state index >= 15 is 0 Å². The van der Waals surface area contributed by atoms with Gasteiger partial charge in [0, 0.05) is 42.7 Å². The zero-order chi connectivity index (χ0) is 23.5. The van der Waals surface area contributed by atoms with Crippen molar-refractivity contribution in [3.63, 3.8) is 0 Å². The Bertz CT molecular complexity index is 973. The Morgan fingerprint density at radius 3 is 2.50 bits per heavy atom. The molecule has 2 saturated heterocycles. The van der Waals surface area contributed by atoms with Crippen LogP contribution in [0.2, 0.25) is 0 Å². The number of benzene rings is 2. The lowest BCUT2D eigenvalue weighted by Crippen LogP contribution is -2.68. The van der Waals surface area contributed by atoms with E-state index in [0.29, 0.717) is 12.6 Å².